The first kappa shape index (κ1) is 37.3. The van der Waals surface area contributed by atoms with Gasteiger partial charge in [0, 0.05) is 5.56 Å². The fraction of sp³-hybridized carbons (Fsp3) is 0.478. The summed E-state index contributed by atoms with van der Waals surface area (Å²) in [5.41, 5.74) is 7.20. The standard InChI is InChI=1S/C46H62O2/c1-3-5-7-9-11-13-15-17-22-37-47-45-28-24-27-44(46(45)48-38-23-18-16-14-12-10-8-6-4-2)43-35-33-42(34-36-43)41-31-29-40(30-32-41)39-25-20-19-21-26-39/h19-21,24-36H,3-18,22-23,37-38H2,1-2H3. The van der Waals surface area contributed by atoms with Crippen LogP contribution < -0.4 is 9.47 Å². The average Bonchev–Trinajstić information content (AvgIpc) is 3.14. The summed E-state index contributed by atoms with van der Waals surface area (Å²) in [5.74, 6) is 1.77. The zero-order valence-electron chi connectivity index (χ0n) is 30.2. The molecule has 0 amide bonds. The lowest BCUT2D eigenvalue weighted by atomic mass is 9.97. The van der Waals surface area contributed by atoms with Gasteiger partial charge in [-0.2, -0.15) is 0 Å². The number of hydrogen-bond acceptors (Lipinski definition) is 2. The maximum Gasteiger partial charge on any atom is 0.168 e. The Morgan fingerprint density at radius 2 is 0.729 bits per heavy atom. The molecular weight excluding hydrogens is 585 g/mol. The molecule has 0 saturated heterocycles. The van der Waals surface area contributed by atoms with Crippen molar-refractivity contribution in [3.05, 3.63) is 97.1 Å². The summed E-state index contributed by atoms with van der Waals surface area (Å²) in [6.07, 6.45) is 23.6. The largest absolute Gasteiger partial charge is 0.490 e. The molecular formula is C46H62O2. The van der Waals surface area contributed by atoms with Gasteiger partial charge in [0.15, 0.2) is 11.5 Å². The molecule has 48 heavy (non-hydrogen) atoms. The van der Waals surface area contributed by atoms with Gasteiger partial charge in [0.25, 0.3) is 0 Å². The maximum atomic E-state index is 6.57. The summed E-state index contributed by atoms with van der Waals surface area (Å²) in [5, 5.41) is 0. The van der Waals surface area contributed by atoms with Gasteiger partial charge in [-0.3, -0.25) is 0 Å². The minimum atomic E-state index is 0.729. The Kier molecular flexibility index (Phi) is 17.8. The van der Waals surface area contributed by atoms with Crippen LogP contribution in [-0.4, -0.2) is 13.2 Å². The van der Waals surface area contributed by atoms with E-state index in [0.717, 1.165) is 48.7 Å². The van der Waals surface area contributed by atoms with Crippen molar-refractivity contribution in [3.63, 3.8) is 0 Å². The lowest BCUT2D eigenvalue weighted by molar-refractivity contribution is 0.259. The first-order valence-electron chi connectivity index (χ1n) is 19.4. The van der Waals surface area contributed by atoms with E-state index >= 15 is 0 Å². The molecule has 2 nitrogen and oxygen atoms in total. The molecule has 0 aromatic heterocycles. The highest BCUT2D eigenvalue weighted by Gasteiger charge is 2.14. The van der Waals surface area contributed by atoms with Gasteiger partial charge < -0.3 is 9.47 Å². The summed E-state index contributed by atoms with van der Waals surface area (Å²) in [4.78, 5) is 0. The third kappa shape index (κ3) is 13.2. The Bertz CT molecular complexity index is 1370. The molecule has 2 heteroatoms. The van der Waals surface area contributed by atoms with Gasteiger partial charge >= 0.3 is 0 Å². The first-order chi connectivity index (χ1) is 23.8. The molecule has 0 bridgehead atoms. The molecule has 0 atom stereocenters. The normalized spacial score (nSPS) is 11.1. The number of ether oxygens (including phenoxy) is 2. The van der Waals surface area contributed by atoms with E-state index in [0.29, 0.717) is 0 Å². The number of rotatable bonds is 25. The molecule has 0 saturated carbocycles. The monoisotopic (exact) mass is 646 g/mol. The highest BCUT2D eigenvalue weighted by molar-refractivity contribution is 5.77. The lowest BCUT2D eigenvalue weighted by Crippen LogP contribution is -2.04. The molecule has 0 radical (unpaired) electrons. The van der Waals surface area contributed by atoms with Crippen molar-refractivity contribution in [1.29, 1.82) is 0 Å². The zero-order valence-corrected chi connectivity index (χ0v) is 30.2. The summed E-state index contributed by atoms with van der Waals surface area (Å²) in [6, 6.07) is 34.7. The fourth-order valence-corrected chi connectivity index (χ4v) is 6.52. The van der Waals surface area contributed by atoms with Crippen LogP contribution in [0.4, 0.5) is 0 Å². The third-order valence-electron chi connectivity index (χ3n) is 9.50. The SMILES string of the molecule is CCCCCCCCCCCOc1cccc(-c2ccc(-c3ccc(-c4ccccc4)cc3)cc2)c1OCCCCCCCCCCC. The molecule has 0 aliphatic rings. The molecule has 0 aliphatic heterocycles. The van der Waals surface area contributed by atoms with Gasteiger partial charge in [0.05, 0.1) is 13.2 Å². The second kappa shape index (κ2) is 22.9. The summed E-state index contributed by atoms with van der Waals surface area (Å²) in [6.45, 7) is 6.04. The van der Waals surface area contributed by atoms with Crippen LogP contribution in [0, 0.1) is 0 Å². The van der Waals surface area contributed by atoms with Crippen LogP contribution in [0.5, 0.6) is 11.5 Å². The Morgan fingerprint density at radius 1 is 0.333 bits per heavy atom. The number of hydrogen-bond donors (Lipinski definition) is 0. The topological polar surface area (TPSA) is 18.5 Å². The van der Waals surface area contributed by atoms with Crippen molar-refractivity contribution in [3.8, 4) is 44.9 Å². The van der Waals surface area contributed by atoms with Crippen LogP contribution in [0.2, 0.25) is 0 Å². The highest BCUT2D eigenvalue weighted by atomic mass is 16.5. The van der Waals surface area contributed by atoms with Crippen LogP contribution >= 0.6 is 0 Å². The Balaban J connectivity index is 1.35. The zero-order chi connectivity index (χ0) is 33.5. The van der Waals surface area contributed by atoms with E-state index in [1.807, 2.05) is 0 Å². The Labute approximate surface area is 293 Å². The molecule has 4 rings (SSSR count). The number of benzene rings is 4. The Hall–Kier alpha value is -3.52. The third-order valence-corrected chi connectivity index (χ3v) is 9.50. The van der Waals surface area contributed by atoms with E-state index in [2.05, 4.69) is 111 Å². The summed E-state index contributed by atoms with van der Waals surface area (Å²) >= 11 is 0. The number of para-hydroxylation sites is 1. The van der Waals surface area contributed by atoms with Crippen LogP contribution in [-0.2, 0) is 0 Å². The molecule has 0 unspecified atom stereocenters. The predicted octanol–water partition coefficient (Wildman–Crippen LogP) is 14.5. The van der Waals surface area contributed by atoms with Gasteiger partial charge in [0.1, 0.15) is 0 Å². The second-order valence-corrected chi connectivity index (χ2v) is 13.5. The lowest BCUT2D eigenvalue weighted by Gasteiger charge is -2.17. The molecule has 0 fully saturated rings. The Morgan fingerprint density at radius 3 is 1.21 bits per heavy atom. The predicted molar refractivity (Wildman–Crippen MR) is 208 cm³/mol. The molecule has 258 valence electrons. The smallest absolute Gasteiger partial charge is 0.168 e. The van der Waals surface area contributed by atoms with Gasteiger partial charge in [-0.05, 0) is 46.7 Å². The van der Waals surface area contributed by atoms with Crippen LogP contribution in [0.25, 0.3) is 33.4 Å². The van der Waals surface area contributed by atoms with E-state index in [9.17, 15) is 0 Å². The fourth-order valence-electron chi connectivity index (χ4n) is 6.52. The van der Waals surface area contributed by atoms with Crippen LogP contribution in [0.15, 0.2) is 97.1 Å². The van der Waals surface area contributed by atoms with Gasteiger partial charge in [0.2, 0.25) is 0 Å². The van der Waals surface area contributed by atoms with Crippen LogP contribution in [0.1, 0.15) is 129 Å². The van der Waals surface area contributed by atoms with E-state index in [4.69, 9.17) is 9.47 Å². The van der Waals surface area contributed by atoms with Crippen molar-refractivity contribution < 1.29 is 9.47 Å². The van der Waals surface area contributed by atoms with Crippen molar-refractivity contribution in [2.24, 2.45) is 0 Å². The van der Waals surface area contributed by atoms with Crippen molar-refractivity contribution >= 4 is 0 Å². The summed E-state index contributed by atoms with van der Waals surface area (Å²) in [7, 11) is 0. The number of unbranched alkanes of at least 4 members (excludes halogenated alkanes) is 16. The highest BCUT2D eigenvalue weighted by Crippen LogP contribution is 2.39. The van der Waals surface area contributed by atoms with Crippen molar-refractivity contribution in [2.45, 2.75) is 129 Å². The first-order valence-corrected chi connectivity index (χ1v) is 19.4. The molecule has 0 N–H and O–H groups in total. The molecule has 0 aliphatic carbocycles. The van der Waals surface area contributed by atoms with Gasteiger partial charge in [-0.15, -0.1) is 0 Å². The minimum absolute atomic E-state index is 0.729. The van der Waals surface area contributed by atoms with Crippen molar-refractivity contribution in [1.82, 2.24) is 0 Å². The molecule has 4 aromatic rings. The minimum Gasteiger partial charge on any atom is -0.490 e. The second-order valence-electron chi connectivity index (χ2n) is 13.5. The van der Waals surface area contributed by atoms with Gasteiger partial charge in [-0.1, -0.05) is 208 Å². The quantitative estimate of drug-likeness (QED) is 0.0667. The van der Waals surface area contributed by atoms with E-state index in [1.165, 1.54) is 125 Å². The molecule has 4 aromatic carbocycles. The molecule has 0 spiro atoms. The van der Waals surface area contributed by atoms with E-state index in [-0.39, 0.29) is 0 Å². The van der Waals surface area contributed by atoms with E-state index in [1.54, 1.807) is 0 Å². The van der Waals surface area contributed by atoms with Crippen LogP contribution in [0.3, 0.4) is 0 Å². The van der Waals surface area contributed by atoms with Gasteiger partial charge in [-0.25, -0.2) is 0 Å². The summed E-state index contributed by atoms with van der Waals surface area (Å²) < 4.78 is 13.0. The van der Waals surface area contributed by atoms with E-state index < -0.39 is 0 Å². The molecule has 0 heterocycles. The van der Waals surface area contributed by atoms with Crippen molar-refractivity contribution in [2.75, 3.05) is 13.2 Å². The average molecular weight is 647 g/mol. The maximum absolute atomic E-state index is 6.57.